The second-order valence-corrected chi connectivity index (χ2v) is 3.90. The van der Waals surface area contributed by atoms with Crippen molar-refractivity contribution in [3.63, 3.8) is 0 Å². The molecule has 1 aliphatic rings. The molecule has 1 aliphatic carbocycles. The van der Waals surface area contributed by atoms with E-state index >= 15 is 0 Å². The fourth-order valence-corrected chi connectivity index (χ4v) is 1.80. The Morgan fingerprint density at radius 1 is 1.60 bits per heavy atom. The maximum Gasteiger partial charge on any atom is 0.309 e. The first kappa shape index (κ1) is 10.1. The molecule has 1 fully saturated rings. The second-order valence-electron chi connectivity index (χ2n) is 3.90. The Morgan fingerprint density at radius 3 is 3.07 bits per heavy atom. The van der Waals surface area contributed by atoms with Gasteiger partial charge in [0.05, 0.1) is 12.5 Å². The van der Waals surface area contributed by atoms with Crippen LogP contribution >= 0.6 is 0 Å². The third-order valence-electron chi connectivity index (χ3n) is 2.67. The van der Waals surface area contributed by atoms with Crippen LogP contribution in [-0.2, 0) is 9.53 Å². The van der Waals surface area contributed by atoms with E-state index in [9.17, 15) is 4.79 Å². The van der Waals surface area contributed by atoms with Gasteiger partial charge < -0.3 is 4.74 Å². The highest BCUT2D eigenvalue weighted by molar-refractivity contribution is 5.77. The summed E-state index contributed by atoms with van der Waals surface area (Å²) in [6.07, 6.45) is 0.884. The second kappa shape index (κ2) is 4.01. The highest BCUT2D eigenvalue weighted by Crippen LogP contribution is 2.47. The number of aromatic nitrogens is 1. The average Bonchev–Trinajstić information content (AvgIpc) is 2.97. The van der Waals surface area contributed by atoms with Gasteiger partial charge in [0.25, 0.3) is 0 Å². The monoisotopic (exact) mass is 205 g/mol. The Labute approximate surface area is 89.5 Å². The van der Waals surface area contributed by atoms with Crippen LogP contribution in [0.4, 0.5) is 0 Å². The van der Waals surface area contributed by atoms with Crippen LogP contribution in [0.15, 0.2) is 18.2 Å². The van der Waals surface area contributed by atoms with Gasteiger partial charge in [-0.2, -0.15) is 0 Å². The highest BCUT2D eigenvalue weighted by atomic mass is 16.5. The number of hydrogen-bond donors (Lipinski definition) is 0. The molecule has 1 saturated carbocycles. The minimum absolute atomic E-state index is 0.0410. The summed E-state index contributed by atoms with van der Waals surface area (Å²) >= 11 is 0. The molecule has 0 aliphatic heterocycles. The van der Waals surface area contributed by atoms with Crippen LogP contribution in [0.2, 0.25) is 0 Å². The van der Waals surface area contributed by atoms with E-state index in [4.69, 9.17) is 4.74 Å². The molecule has 0 radical (unpaired) electrons. The van der Waals surface area contributed by atoms with Crippen LogP contribution in [-0.4, -0.2) is 17.6 Å². The summed E-state index contributed by atoms with van der Waals surface area (Å²) in [6, 6.07) is 5.93. The van der Waals surface area contributed by atoms with Gasteiger partial charge in [0.15, 0.2) is 0 Å². The van der Waals surface area contributed by atoms with Gasteiger partial charge in [-0.1, -0.05) is 6.07 Å². The van der Waals surface area contributed by atoms with E-state index in [1.165, 1.54) is 0 Å². The molecule has 1 aromatic heterocycles. The molecule has 2 atom stereocenters. The fraction of sp³-hybridized carbons (Fsp3) is 0.500. The van der Waals surface area contributed by atoms with Crippen molar-refractivity contribution in [2.45, 2.75) is 26.2 Å². The smallest absolute Gasteiger partial charge is 0.309 e. The highest BCUT2D eigenvalue weighted by Gasteiger charge is 2.46. The van der Waals surface area contributed by atoms with E-state index in [0.717, 1.165) is 17.8 Å². The predicted octanol–water partition coefficient (Wildman–Crippen LogP) is 2.06. The lowest BCUT2D eigenvalue weighted by Crippen LogP contribution is -2.07. The topological polar surface area (TPSA) is 39.2 Å². The van der Waals surface area contributed by atoms with E-state index in [-0.39, 0.29) is 17.8 Å². The van der Waals surface area contributed by atoms with Crippen LogP contribution in [0.3, 0.4) is 0 Å². The first-order valence-electron chi connectivity index (χ1n) is 5.32. The van der Waals surface area contributed by atoms with Crippen molar-refractivity contribution >= 4 is 5.97 Å². The molecular formula is C12H15NO2. The predicted molar refractivity (Wildman–Crippen MR) is 56.5 cm³/mol. The lowest BCUT2D eigenvalue weighted by Gasteiger charge is -2.01. The molecule has 1 aromatic rings. The van der Waals surface area contributed by atoms with Crippen molar-refractivity contribution in [2.24, 2.45) is 5.92 Å². The van der Waals surface area contributed by atoms with E-state index < -0.39 is 0 Å². The molecule has 2 rings (SSSR count). The summed E-state index contributed by atoms with van der Waals surface area (Å²) in [5, 5.41) is 0. The van der Waals surface area contributed by atoms with Gasteiger partial charge in [0.1, 0.15) is 0 Å². The van der Waals surface area contributed by atoms with Crippen molar-refractivity contribution in [1.82, 2.24) is 4.98 Å². The molecule has 0 aromatic carbocycles. The quantitative estimate of drug-likeness (QED) is 0.709. The summed E-state index contributed by atoms with van der Waals surface area (Å²) in [4.78, 5) is 15.8. The average molecular weight is 205 g/mol. The number of carbonyl (C=O) groups is 1. The molecule has 0 N–H and O–H groups in total. The zero-order chi connectivity index (χ0) is 10.8. The van der Waals surface area contributed by atoms with Crippen molar-refractivity contribution in [1.29, 1.82) is 0 Å². The van der Waals surface area contributed by atoms with Crippen molar-refractivity contribution in [3.05, 3.63) is 29.6 Å². The van der Waals surface area contributed by atoms with E-state index in [2.05, 4.69) is 4.98 Å². The molecule has 15 heavy (non-hydrogen) atoms. The van der Waals surface area contributed by atoms with Gasteiger partial charge in [-0.25, -0.2) is 0 Å². The van der Waals surface area contributed by atoms with Gasteiger partial charge >= 0.3 is 5.97 Å². The fourth-order valence-electron chi connectivity index (χ4n) is 1.80. The van der Waals surface area contributed by atoms with E-state index in [1.54, 1.807) is 0 Å². The van der Waals surface area contributed by atoms with Crippen molar-refractivity contribution in [3.8, 4) is 0 Å². The molecule has 1 heterocycles. The molecule has 3 heteroatoms. The normalized spacial score (nSPS) is 23.6. The first-order chi connectivity index (χ1) is 7.22. The molecule has 0 spiro atoms. The van der Waals surface area contributed by atoms with Crippen LogP contribution in [0.1, 0.15) is 30.7 Å². The lowest BCUT2D eigenvalue weighted by molar-refractivity contribution is -0.144. The number of rotatable bonds is 3. The number of nitrogens with zero attached hydrogens (tertiary/aromatic N) is 1. The Kier molecular flexibility index (Phi) is 2.71. The molecule has 80 valence electrons. The molecule has 0 amide bonds. The summed E-state index contributed by atoms with van der Waals surface area (Å²) in [7, 11) is 0. The molecule has 0 saturated heterocycles. The number of ether oxygens (including phenoxy) is 1. The van der Waals surface area contributed by atoms with Gasteiger partial charge in [-0.3, -0.25) is 9.78 Å². The zero-order valence-electron chi connectivity index (χ0n) is 9.06. The summed E-state index contributed by atoms with van der Waals surface area (Å²) in [5.41, 5.74) is 2.02. The summed E-state index contributed by atoms with van der Waals surface area (Å²) in [6.45, 7) is 4.26. The maximum absolute atomic E-state index is 11.4. The zero-order valence-corrected chi connectivity index (χ0v) is 9.06. The largest absolute Gasteiger partial charge is 0.466 e. The lowest BCUT2D eigenvalue weighted by atomic mass is 10.2. The number of aryl methyl sites for hydroxylation is 1. The van der Waals surface area contributed by atoms with Gasteiger partial charge in [-0.05, 0) is 32.4 Å². The molecule has 0 bridgehead atoms. The van der Waals surface area contributed by atoms with Crippen LogP contribution < -0.4 is 0 Å². The minimum Gasteiger partial charge on any atom is -0.466 e. The van der Waals surface area contributed by atoms with E-state index in [0.29, 0.717) is 6.61 Å². The summed E-state index contributed by atoms with van der Waals surface area (Å²) in [5.74, 6) is 0.244. The number of pyridine rings is 1. The van der Waals surface area contributed by atoms with Gasteiger partial charge in [-0.15, -0.1) is 0 Å². The van der Waals surface area contributed by atoms with Gasteiger partial charge in [0.2, 0.25) is 0 Å². The van der Waals surface area contributed by atoms with Crippen molar-refractivity contribution < 1.29 is 9.53 Å². The SMILES string of the molecule is CCOC(=O)[C@H]1C[C@@H]1c1cccc(C)n1. The van der Waals surface area contributed by atoms with Crippen LogP contribution in [0, 0.1) is 12.8 Å². The molecule has 0 unspecified atom stereocenters. The molecular weight excluding hydrogens is 190 g/mol. The van der Waals surface area contributed by atoms with E-state index in [1.807, 2.05) is 32.0 Å². The Balaban J connectivity index is 2.01. The number of hydrogen-bond acceptors (Lipinski definition) is 3. The minimum atomic E-state index is -0.0780. The Bertz CT molecular complexity index is 376. The third kappa shape index (κ3) is 2.17. The van der Waals surface area contributed by atoms with Crippen LogP contribution in [0.5, 0.6) is 0 Å². The standard InChI is InChI=1S/C12H15NO2/c1-3-15-12(14)10-7-9(10)11-6-4-5-8(2)13-11/h4-6,9-10H,3,7H2,1-2H3/t9-,10-/m0/s1. The Morgan fingerprint density at radius 2 is 2.40 bits per heavy atom. The van der Waals surface area contributed by atoms with Crippen LogP contribution in [0.25, 0.3) is 0 Å². The number of esters is 1. The Hall–Kier alpha value is -1.38. The third-order valence-corrected chi connectivity index (χ3v) is 2.67. The molecule has 3 nitrogen and oxygen atoms in total. The summed E-state index contributed by atoms with van der Waals surface area (Å²) < 4.78 is 4.98. The van der Waals surface area contributed by atoms with Gasteiger partial charge in [0, 0.05) is 17.3 Å². The first-order valence-corrected chi connectivity index (χ1v) is 5.32. The number of carbonyl (C=O) groups excluding carboxylic acids is 1. The maximum atomic E-state index is 11.4. The van der Waals surface area contributed by atoms with Crippen molar-refractivity contribution in [2.75, 3.05) is 6.61 Å².